The van der Waals surface area contributed by atoms with E-state index in [2.05, 4.69) is 45.9 Å². The van der Waals surface area contributed by atoms with Gasteiger partial charge >= 0.3 is 0 Å². The molecule has 1 aliphatic carbocycles. The van der Waals surface area contributed by atoms with Crippen LogP contribution < -0.4 is 9.62 Å². The SMILES string of the molecule is CC.Cc1ncc(CN(C(=O)C[C@H](C)c2ccccc2)c2ccc3c(c2)C(NS(=O)c2cccc(Cl)c2)CCC3)cn1. The molecule has 1 heterocycles. The lowest BCUT2D eigenvalue weighted by atomic mass is 9.87. The standard InChI is InChI=1S/C32H33ClN4O2S.C2H6/c1-22(25-8-4-3-5-9-25)16-32(38)37(21-24-19-34-23(2)35-20-24)28-15-14-26-10-6-13-31(30(26)18-28)36-40(39)29-12-7-11-27(33)17-29;1-2/h3-5,7-9,11-12,14-15,17-20,22,31,36H,6,10,13,16,21H2,1-2H3;1-2H3/t22-,31?,40?;/m0./s1. The predicted octanol–water partition coefficient (Wildman–Crippen LogP) is 7.88. The smallest absolute Gasteiger partial charge is 0.227 e. The number of rotatable bonds is 9. The first kappa shape index (κ1) is 31.5. The van der Waals surface area contributed by atoms with E-state index in [4.69, 9.17) is 11.6 Å². The fourth-order valence-corrected chi connectivity index (χ4v) is 6.47. The average molecular weight is 603 g/mol. The summed E-state index contributed by atoms with van der Waals surface area (Å²) in [4.78, 5) is 25.0. The molecule has 6 nitrogen and oxygen atoms in total. The Balaban J connectivity index is 0.00000198. The van der Waals surface area contributed by atoms with Crippen LogP contribution in [0.25, 0.3) is 0 Å². The van der Waals surface area contributed by atoms with E-state index in [1.807, 2.05) is 56.0 Å². The number of nitrogens with one attached hydrogen (secondary N) is 1. The van der Waals surface area contributed by atoms with Crippen LogP contribution >= 0.6 is 11.6 Å². The minimum atomic E-state index is -1.42. The number of amides is 1. The van der Waals surface area contributed by atoms with Crippen molar-refractivity contribution in [3.63, 3.8) is 0 Å². The van der Waals surface area contributed by atoms with Crippen molar-refractivity contribution in [1.29, 1.82) is 0 Å². The molecule has 3 atom stereocenters. The van der Waals surface area contributed by atoms with Crippen LogP contribution in [0.2, 0.25) is 5.02 Å². The molecule has 0 aliphatic heterocycles. The van der Waals surface area contributed by atoms with Crippen molar-refractivity contribution < 1.29 is 9.00 Å². The molecule has 4 aromatic rings. The highest BCUT2D eigenvalue weighted by atomic mass is 35.5. The Hall–Kier alpha value is -3.39. The van der Waals surface area contributed by atoms with Gasteiger partial charge in [0.25, 0.3) is 0 Å². The third-order valence-corrected chi connectivity index (χ3v) is 8.76. The van der Waals surface area contributed by atoms with E-state index in [9.17, 15) is 9.00 Å². The minimum Gasteiger partial charge on any atom is -0.308 e. The molecule has 0 radical (unpaired) electrons. The summed E-state index contributed by atoms with van der Waals surface area (Å²) < 4.78 is 16.5. The Labute approximate surface area is 257 Å². The van der Waals surface area contributed by atoms with Gasteiger partial charge < -0.3 is 4.90 Å². The van der Waals surface area contributed by atoms with Crippen molar-refractivity contribution in [2.24, 2.45) is 0 Å². The molecule has 3 aromatic carbocycles. The number of carbonyl (C=O) groups excluding carboxylic acids is 1. The molecule has 8 heteroatoms. The highest BCUT2D eigenvalue weighted by Crippen LogP contribution is 2.35. The van der Waals surface area contributed by atoms with Crippen molar-refractivity contribution in [1.82, 2.24) is 14.7 Å². The number of anilines is 1. The van der Waals surface area contributed by atoms with Crippen LogP contribution in [0, 0.1) is 6.92 Å². The molecule has 5 rings (SSSR count). The number of nitrogens with zero attached hydrogens (tertiary/aromatic N) is 3. The second kappa shape index (κ2) is 15.2. The van der Waals surface area contributed by atoms with Crippen LogP contribution in [-0.2, 0) is 28.7 Å². The minimum absolute atomic E-state index is 0.0275. The van der Waals surface area contributed by atoms with E-state index in [0.717, 1.165) is 41.6 Å². The van der Waals surface area contributed by atoms with Gasteiger partial charge in [0.15, 0.2) is 0 Å². The topological polar surface area (TPSA) is 75.2 Å². The maximum absolute atomic E-state index is 13.9. The Morgan fingerprint density at radius 3 is 2.50 bits per heavy atom. The van der Waals surface area contributed by atoms with Crippen molar-refractivity contribution in [2.75, 3.05) is 4.90 Å². The lowest BCUT2D eigenvalue weighted by Gasteiger charge is -2.30. The Kier molecular flexibility index (Phi) is 11.4. The number of benzene rings is 3. The first-order valence-corrected chi connectivity index (χ1v) is 16.1. The van der Waals surface area contributed by atoms with Gasteiger partial charge in [0, 0.05) is 41.1 Å². The lowest BCUT2D eigenvalue weighted by Crippen LogP contribution is -2.32. The van der Waals surface area contributed by atoms with Gasteiger partial charge in [0.1, 0.15) is 16.8 Å². The number of carbonyl (C=O) groups is 1. The molecule has 42 heavy (non-hydrogen) atoms. The van der Waals surface area contributed by atoms with E-state index in [1.54, 1.807) is 30.6 Å². The van der Waals surface area contributed by atoms with Crippen LogP contribution in [0.15, 0.2) is 90.1 Å². The van der Waals surface area contributed by atoms with Gasteiger partial charge in [0.2, 0.25) is 5.91 Å². The highest BCUT2D eigenvalue weighted by Gasteiger charge is 2.26. The second-order valence-electron chi connectivity index (χ2n) is 10.3. The quantitative estimate of drug-likeness (QED) is 0.211. The van der Waals surface area contributed by atoms with Crippen LogP contribution in [0.5, 0.6) is 0 Å². The van der Waals surface area contributed by atoms with E-state index < -0.39 is 11.0 Å². The number of fused-ring (bicyclic) bond motifs is 1. The zero-order chi connectivity index (χ0) is 30.1. The van der Waals surface area contributed by atoms with Gasteiger partial charge in [-0.1, -0.05) is 74.8 Å². The first-order chi connectivity index (χ1) is 20.4. The van der Waals surface area contributed by atoms with Crippen LogP contribution in [0.1, 0.15) is 80.1 Å². The van der Waals surface area contributed by atoms with E-state index >= 15 is 0 Å². The monoisotopic (exact) mass is 602 g/mol. The van der Waals surface area contributed by atoms with Crippen LogP contribution in [0.3, 0.4) is 0 Å². The summed E-state index contributed by atoms with van der Waals surface area (Å²) in [5.74, 6) is 0.784. The molecule has 2 unspecified atom stereocenters. The maximum atomic E-state index is 13.9. The lowest BCUT2D eigenvalue weighted by molar-refractivity contribution is -0.119. The van der Waals surface area contributed by atoms with Crippen LogP contribution in [-0.4, -0.2) is 20.1 Å². The fourth-order valence-electron chi connectivity index (χ4n) is 5.13. The zero-order valence-corrected chi connectivity index (χ0v) is 26.3. The predicted molar refractivity (Wildman–Crippen MR) is 172 cm³/mol. The molecular weight excluding hydrogens is 564 g/mol. The number of halogens is 1. The van der Waals surface area contributed by atoms with Gasteiger partial charge in [0.05, 0.1) is 11.4 Å². The molecule has 0 saturated heterocycles. The van der Waals surface area contributed by atoms with Crippen molar-refractivity contribution in [3.8, 4) is 0 Å². The highest BCUT2D eigenvalue weighted by molar-refractivity contribution is 7.83. The molecule has 1 N–H and O–H groups in total. The second-order valence-corrected chi connectivity index (χ2v) is 12.0. The number of hydrogen-bond acceptors (Lipinski definition) is 4. The number of aromatic nitrogens is 2. The van der Waals surface area contributed by atoms with Gasteiger partial charge in [-0.2, -0.15) is 0 Å². The first-order valence-electron chi connectivity index (χ1n) is 14.6. The number of aryl methyl sites for hydroxylation is 2. The third-order valence-electron chi connectivity index (χ3n) is 7.34. The normalized spacial score (nSPS) is 15.5. The molecule has 0 bridgehead atoms. The molecule has 1 aliphatic rings. The maximum Gasteiger partial charge on any atom is 0.227 e. The summed E-state index contributed by atoms with van der Waals surface area (Å²) in [5, 5.41) is 0.554. The summed E-state index contributed by atoms with van der Waals surface area (Å²) >= 11 is 6.14. The zero-order valence-electron chi connectivity index (χ0n) is 24.7. The van der Waals surface area contributed by atoms with E-state index in [-0.39, 0.29) is 17.9 Å². The van der Waals surface area contributed by atoms with E-state index in [0.29, 0.717) is 28.7 Å². The number of hydrogen-bond donors (Lipinski definition) is 1. The van der Waals surface area contributed by atoms with Crippen LogP contribution in [0.4, 0.5) is 5.69 Å². The molecule has 0 saturated carbocycles. The van der Waals surface area contributed by atoms with Crippen molar-refractivity contribution >= 4 is 34.2 Å². The Morgan fingerprint density at radius 2 is 1.79 bits per heavy atom. The van der Waals surface area contributed by atoms with E-state index in [1.165, 1.54) is 5.56 Å². The summed E-state index contributed by atoms with van der Waals surface area (Å²) in [6, 6.07) is 23.3. The van der Waals surface area contributed by atoms with Gasteiger partial charge in [-0.15, -0.1) is 0 Å². The molecule has 1 amide bonds. The largest absolute Gasteiger partial charge is 0.308 e. The molecule has 0 fully saturated rings. The average Bonchev–Trinajstić information content (AvgIpc) is 3.02. The Bertz CT molecular complexity index is 1500. The van der Waals surface area contributed by atoms with Crippen molar-refractivity contribution in [2.45, 2.75) is 76.8 Å². The van der Waals surface area contributed by atoms with Gasteiger partial charge in [-0.25, -0.2) is 18.9 Å². The third kappa shape index (κ3) is 8.12. The summed E-state index contributed by atoms with van der Waals surface area (Å²) in [5.41, 5.74) is 5.09. The van der Waals surface area contributed by atoms with Crippen molar-refractivity contribution in [3.05, 3.63) is 118 Å². The molecule has 220 valence electrons. The van der Waals surface area contributed by atoms with Gasteiger partial charge in [-0.05, 0) is 79.1 Å². The summed E-state index contributed by atoms with van der Waals surface area (Å²) in [6.07, 6.45) is 6.72. The summed E-state index contributed by atoms with van der Waals surface area (Å²) in [7, 11) is -1.42. The molecular formula is C34H39ClN4O2S. The Morgan fingerprint density at radius 1 is 1.05 bits per heavy atom. The molecule has 1 aromatic heterocycles. The van der Waals surface area contributed by atoms with Gasteiger partial charge in [-0.3, -0.25) is 4.79 Å². The summed E-state index contributed by atoms with van der Waals surface area (Å²) in [6.45, 7) is 8.29. The molecule has 0 spiro atoms. The fraction of sp³-hybridized carbons (Fsp3) is 0.324.